The molecule has 0 aliphatic carbocycles. The summed E-state index contributed by atoms with van der Waals surface area (Å²) in [6.07, 6.45) is 0.396. The number of nitrogens with zero attached hydrogens (tertiary/aromatic N) is 1. The Labute approximate surface area is 117 Å². The minimum atomic E-state index is -3.89. The first-order valence-corrected chi connectivity index (χ1v) is 7.96. The van der Waals surface area contributed by atoms with Crippen molar-refractivity contribution >= 4 is 25.6 Å². The Hall–Kier alpha value is -1.27. The van der Waals surface area contributed by atoms with E-state index in [4.69, 9.17) is 15.4 Å². The maximum absolute atomic E-state index is 11.5. The summed E-state index contributed by atoms with van der Waals surface area (Å²) in [5.41, 5.74) is 0.671. The molecule has 0 saturated heterocycles. The summed E-state index contributed by atoms with van der Waals surface area (Å²) < 4.78 is 27.8. The van der Waals surface area contributed by atoms with E-state index in [9.17, 15) is 13.2 Å². The molecule has 106 valence electrons. The lowest BCUT2D eigenvalue weighted by Crippen LogP contribution is -2.25. The third kappa shape index (κ3) is 4.11. The van der Waals surface area contributed by atoms with Gasteiger partial charge in [0.25, 0.3) is 9.05 Å². The first kappa shape index (κ1) is 15.8. The van der Waals surface area contributed by atoms with E-state index in [0.717, 1.165) is 0 Å². The quantitative estimate of drug-likeness (QED) is 0.780. The molecule has 5 nitrogen and oxygen atoms in total. The van der Waals surface area contributed by atoms with Gasteiger partial charge in [0.1, 0.15) is 10.6 Å². The van der Waals surface area contributed by atoms with E-state index in [2.05, 4.69) is 0 Å². The van der Waals surface area contributed by atoms with E-state index in [1.165, 1.54) is 24.1 Å². The van der Waals surface area contributed by atoms with Crippen LogP contribution in [-0.4, -0.2) is 33.4 Å². The van der Waals surface area contributed by atoms with Crippen molar-refractivity contribution in [2.75, 3.05) is 14.2 Å². The van der Waals surface area contributed by atoms with Crippen LogP contribution >= 0.6 is 10.7 Å². The fourth-order valence-corrected chi connectivity index (χ4v) is 2.69. The van der Waals surface area contributed by atoms with Gasteiger partial charge in [-0.3, -0.25) is 4.79 Å². The van der Waals surface area contributed by atoms with Gasteiger partial charge in [0.2, 0.25) is 5.91 Å². The van der Waals surface area contributed by atoms with Gasteiger partial charge in [-0.25, -0.2) is 8.42 Å². The molecule has 0 heterocycles. The van der Waals surface area contributed by atoms with Crippen molar-refractivity contribution in [3.63, 3.8) is 0 Å². The largest absolute Gasteiger partial charge is 0.495 e. The molecule has 1 aromatic rings. The summed E-state index contributed by atoms with van der Waals surface area (Å²) in [5.74, 6) is 0.161. The zero-order chi connectivity index (χ0) is 14.6. The van der Waals surface area contributed by atoms with Gasteiger partial charge in [0.15, 0.2) is 0 Å². The molecule has 0 aliphatic heterocycles. The minimum Gasteiger partial charge on any atom is -0.495 e. The standard InChI is InChI=1S/C12H16ClNO4S/c1-4-12(15)14(2)8-9-5-6-10(18-3)11(7-9)19(13,16)17/h5-7H,4,8H2,1-3H3. The Kier molecular flexibility index (Phi) is 5.20. The number of carbonyl (C=O) groups is 1. The fourth-order valence-electron chi connectivity index (χ4n) is 1.64. The average molecular weight is 306 g/mol. The zero-order valence-corrected chi connectivity index (χ0v) is 12.6. The van der Waals surface area contributed by atoms with Crippen LogP contribution < -0.4 is 4.74 Å². The van der Waals surface area contributed by atoms with Crippen LogP contribution in [0.15, 0.2) is 23.1 Å². The number of rotatable bonds is 5. The van der Waals surface area contributed by atoms with Crippen molar-refractivity contribution in [1.82, 2.24) is 4.90 Å². The first-order valence-electron chi connectivity index (χ1n) is 5.65. The van der Waals surface area contributed by atoms with Gasteiger partial charge < -0.3 is 9.64 Å². The predicted octanol–water partition coefficient (Wildman–Crippen LogP) is 1.99. The first-order chi connectivity index (χ1) is 8.79. The van der Waals surface area contributed by atoms with Crippen molar-refractivity contribution in [3.8, 4) is 5.75 Å². The number of amides is 1. The Morgan fingerprint density at radius 3 is 2.53 bits per heavy atom. The molecule has 1 rings (SSSR count). The number of hydrogen-bond acceptors (Lipinski definition) is 4. The number of halogens is 1. The van der Waals surface area contributed by atoms with Crippen LogP contribution in [-0.2, 0) is 20.4 Å². The molecule has 19 heavy (non-hydrogen) atoms. The highest BCUT2D eigenvalue weighted by Gasteiger charge is 2.18. The van der Waals surface area contributed by atoms with E-state index < -0.39 is 9.05 Å². The maximum atomic E-state index is 11.5. The lowest BCUT2D eigenvalue weighted by Gasteiger charge is -2.17. The third-order valence-electron chi connectivity index (χ3n) is 2.64. The number of methoxy groups -OCH3 is 1. The number of carbonyl (C=O) groups excluding carboxylic acids is 1. The van der Waals surface area contributed by atoms with Gasteiger partial charge in [0.05, 0.1) is 7.11 Å². The lowest BCUT2D eigenvalue weighted by atomic mass is 10.2. The predicted molar refractivity (Wildman–Crippen MR) is 72.8 cm³/mol. The van der Waals surface area contributed by atoms with Crippen LogP contribution in [0, 0.1) is 0 Å². The average Bonchev–Trinajstić information content (AvgIpc) is 2.36. The van der Waals surface area contributed by atoms with Crippen molar-refractivity contribution in [2.24, 2.45) is 0 Å². The highest BCUT2D eigenvalue weighted by Crippen LogP contribution is 2.28. The molecule has 0 unspecified atom stereocenters. The fraction of sp³-hybridized carbons (Fsp3) is 0.417. The van der Waals surface area contributed by atoms with Crippen molar-refractivity contribution in [3.05, 3.63) is 23.8 Å². The molecule has 0 aliphatic rings. The highest BCUT2D eigenvalue weighted by atomic mass is 35.7. The monoisotopic (exact) mass is 305 g/mol. The van der Waals surface area contributed by atoms with Gasteiger partial charge in [-0.05, 0) is 17.7 Å². The van der Waals surface area contributed by atoms with Crippen LogP contribution in [0.3, 0.4) is 0 Å². The SMILES string of the molecule is CCC(=O)N(C)Cc1ccc(OC)c(S(=O)(=O)Cl)c1. The van der Waals surface area contributed by atoms with Crippen LogP contribution in [0.5, 0.6) is 5.75 Å². The van der Waals surface area contributed by atoms with Gasteiger partial charge in [-0.2, -0.15) is 0 Å². The van der Waals surface area contributed by atoms with Crippen LogP contribution in [0.2, 0.25) is 0 Å². The smallest absolute Gasteiger partial charge is 0.264 e. The van der Waals surface area contributed by atoms with Gasteiger partial charge in [-0.15, -0.1) is 0 Å². The second-order valence-corrected chi connectivity index (χ2v) is 6.56. The van der Waals surface area contributed by atoms with Crippen molar-refractivity contribution in [2.45, 2.75) is 24.8 Å². The molecular formula is C12H16ClNO4S. The molecular weight excluding hydrogens is 290 g/mol. The van der Waals surface area contributed by atoms with Crippen LogP contribution in [0.4, 0.5) is 0 Å². The molecule has 0 spiro atoms. The molecule has 0 radical (unpaired) electrons. The summed E-state index contributed by atoms with van der Waals surface area (Å²) in [6, 6.07) is 4.64. The molecule has 0 atom stereocenters. The summed E-state index contributed by atoms with van der Waals surface area (Å²) in [7, 11) is 4.49. The number of benzene rings is 1. The molecule has 1 amide bonds. The van der Waals surface area contributed by atoms with E-state index in [-0.39, 0.29) is 16.6 Å². The summed E-state index contributed by atoms with van der Waals surface area (Å²) in [4.78, 5) is 12.9. The van der Waals surface area contributed by atoms with Gasteiger partial charge in [0, 0.05) is 30.7 Å². The molecule has 0 N–H and O–H groups in total. The molecule has 0 aromatic heterocycles. The van der Waals surface area contributed by atoms with Crippen molar-refractivity contribution < 1.29 is 17.9 Å². The minimum absolute atomic E-state index is 0.0221. The van der Waals surface area contributed by atoms with Crippen LogP contribution in [0.25, 0.3) is 0 Å². The van der Waals surface area contributed by atoms with Crippen molar-refractivity contribution in [1.29, 1.82) is 0 Å². The summed E-state index contributed by atoms with van der Waals surface area (Å²) in [6.45, 7) is 2.08. The third-order valence-corrected chi connectivity index (χ3v) is 3.98. The Bertz CT molecular complexity index is 571. The second-order valence-electron chi connectivity index (χ2n) is 4.03. The van der Waals surface area contributed by atoms with Gasteiger partial charge in [-0.1, -0.05) is 13.0 Å². The molecule has 0 fully saturated rings. The highest BCUT2D eigenvalue weighted by molar-refractivity contribution is 8.13. The molecule has 7 heteroatoms. The lowest BCUT2D eigenvalue weighted by molar-refractivity contribution is -0.130. The molecule has 0 bridgehead atoms. The van der Waals surface area contributed by atoms with Crippen LogP contribution in [0.1, 0.15) is 18.9 Å². The van der Waals surface area contributed by atoms with E-state index in [1.54, 1.807) is 20.0 Å². The second kappa shape index (κ2) is 6.25. The zero-order valence-electron chi connectivity index (χ0n) is 11.0. The van der Waals surface area contributed by atoms with E-state index in [1.807, 2.05) is 0 Å². The maximum Gasteiger partial charge on any atom is 0.264 e. The summed E-state index contributed by atoms with van der Waals surface area (Å²) >= 11 is 0. The summed E-state index contributed by atoms with van der Waals surface area (Å²) in [5, 5.41) is 0. The van der Waals surface area contributed by atoms with Gasteiger partial charge >= 0.3 is 0 Å². The molecule has 1 aromatic carbocycles. The number of ether oxygens (including phenoxy) is 1. The topological polar surface area (TPSA) is 63.7 Å². The molecule has 0 saturated carbocycles. The number of hydrogen-bond donors (Lipinski definition) is 0. The van der Waals surface area contributed by atoms with E-state index in [0.29, 0.717) is 18.5 Å². The Morgan fingerprint density at radius 2 is 2.05 bits per heavy atom. The Balaban J connectivity index is 3.09. The van der Waals surface area contributed by atoms with E-state index >= 15 is 0 Å². The Morgan fingerprint density at radius 1 is 1.42 bits per heavy atom. The normalized spacial score (nSPS) is 11.2.